The van der Waals surface area contributed by atoms with Gasteiger partial charge in [-0.15, -0.1) is 0 Å². The number of anilines is 1. The van der Waals surface area contributed by atoms with Gasteiger partial charge in [0.25, 0.3) is 0 Å². The van der Waals surface area contributed by atoms with Crippen molar-refractivity contribution >= 4 is 27.5 Å². The van der Waals surface area contributed by atoms with E-state index in [4.69, 9.17) is 0 Å². The lowest BCUT2D eigenvalue weighted by atomic mass is 10.3. The number of amides is 1. The molecule has 0 saturated heterocycles. The second kappa shape index (κ2) is 5.23. The lowest BCUT2D eigenvalue weighted by molar-refractivity contribution is -0.116. The summed E-state index contributed by atoms with van der Waals surface area (Å²) in [6, 6.07) is 4.13. The molecule has 1 rings (SSSR count). The number of hydrogen-bond donors (Lipinski definition) is 1. The molecule has 1 N–H and O–H groups in total. The summed E-state index contributed by atoms with van der Waals surface area (Å²) in [6.45, 7) is 0.295. The number of carbonyl (C=O) groups is 1. The maximum atomic E-state index is 12.7. The Kier molecular flexibility index (Phi) is 4.23. The number of halogens is 2. The third-order valence-corrected chi connectivity index (χ3v) is 2.32. The summed E-state index contributed by atoms with van der Waals surface area (Å²) < 4.78 is 13.3. The van der Waals surface area contributed by atoms with E-state index in [9.17, 15) is 9.18 Å². The van der Waals surface area contributed by atoms with Gasteiger partial charge in [0, 0.05) is 4.47 Å². The van der Waals surface area contributed by atoms with Crippen LogP contribution in [-0.2, 0) is 4.79 Å². The van der Waals surface area contributed by atoms with Crippen molar-refractivity contribution in [3.8, 4) is 0 Å². The minimum absolute atomic E-state index is 0.132. The Morgan fingerprint density at radius 3 is 2.73 bits per heavy atom. The van der Waals surface area contributed by atoms with E-state index in [2.05, 4.69) is 21.2 Å². The molecule has 0 unspecified atom stereocenters. The van der Waals surface area contributed by atoms with E-state index in [0.717, 1.165) is 0 Å². The Balaban J connectivity index is 2.68. The zero-order chi connectivity index (χ0) is 11.4. The van der Waals surface area contributed by atoms with Crippen LogP contribution >= 0.6 is 15.9 Å². The summed E-state index contributed by atoms with van der Waals surface area (Å²) in [5.41, 5.74) is 0.572. The lowest BCUT2D eigenvalue weighted by Crippen LogP contribution is -2.27. The summed E-state index contributed by atoms with van der Waals surface area (Å²) in [6.07, 6.45) is 0. The van der Waals surface area contributed by atoms with Crippen LogP contribution in [0.5, 0.6) is 0 Å². The first-order valence-electron chi connectivity index (χ1n) is 4.38. The topological polar surface area (TPSA) is 32.3 Å². The van der Waals surface area contributed by atoms with Gasteiger partial charge in [0.2, 0.25) is 5.91 Å². The quantitative estimate of drug-likeness (QED) is 0.916. The minimum atomic E-state index is -0.340. The molecular formula is C10H12BrFN2O. The molecule has 0 radical (unpaired) electrons. The highest BCUT2D eigenvalue weighted by Gasteiger charge is 2.06. The molecule has 0 bridgehead atoms. The van der Waals surface area contributed by atoms with Crippen LogP contribution in [0.2, 0.25) is 0 Å². The Bertz CT molecular complexity index is 368. The monoisotopic (exact) mass is 274 g/mol. The van der Waals surface area contributed by atoms with Gasteiger partial charge < -0.3 is 10.2 Å². The fourth-order valence-electron chi connectivity index (χ4n) is 1.07. The van der Waals surface area contributed by atoms with Gasteiger partial charge in [-0.2, -0.15) is 0 Å². The van der Waals surface area contributed by atoms with E-state index in [1.165, 1.54) is 18.2 Å². The van der Waals surface area contributed by atoms with Crippen molar-refractivity contribution in [3.63, 3.8) is 0 Å². The fraction of sp³-hybridized carbons (Fsp3) is 0.300. The first-order valence-corrected chi connectivity index (χ1v) is 5.18. The molecule has 1 amide bonds. The minimum Gasteiger partial charge on any atom is -0.324 e. The number of rotatable bonds is 3. The SMILES string of the molecule is CN(C)CC(=O)Nc1ccc(F)cc1Br. The Labute approximate surface area is 96.4 Å². The van der Waals surface area contributed by atoms with Crippen molar-refractivity contribution in [1.29, 1.82) is 0 Å². The smallest absolute Gasteiger partial charge is 0.238 e. The van der Waals surface area contributed by atoms with E-state index in [1.807, 2.05) is 0 Å². The molecular weight excluding hydrogens is 263 g/mol. The largest absolute Gasteiger partial charge is 0.324 e. The van der Waals surface area contributed by atoms with Crippen LogP contribution < -0.4 is 5.32 Å². The van der Waals surface area contributed by atoms with Crippen LogP contribution in [0, 0.1) is 5.82 Å². The lowest BCUT2D eigenvalue weighted by Gasteiger charge is -2.11. The molecule has 0 saturated carbocycles. The van der Waals surface area contributed by atoms with Gasteiger partial charge in [0.15, 0.2) is 0 Å². The average molecular weight is 275 g/mol. The molecule has 3 nitrogen and oxygen atoms in total. The van der Waals surface area contributed by atoms with Crippen LogP contribution in [0.15, 0.2) is 22.7 Å². The normalized spacial score (nSPS) is 10.5. The van der Waals surface area contributed by atoms with E-state index in [1.54, 1.807) is 19.0 Å². The van der Waals surface area contributed by atoms with Gasteiger partial charge in [-0.3, -0.25) is 4.79 Å². The molecule has 1 aromatic carbocycles. The average Bonchev–Trinajstić information content (AvgIpc) is 2.08. The second-order valence-electron chi connectivity index (χ2n) is 3.41. The highest BCUT2D eigenvalue weighted by Crippen LogP contribution is 2.22. The van der Waals surface area contributed by atoms with Gasteiger partial charge in [-0.1, -0.05) is 0 Å². The van der Waals surface area contributed by atoms with Gasteiger partial charge in [0.05, 0.1) is 12.2 Å². The zero-order valence-corrected chi connectivity index (χ0v) is 10.1. The molecule has 1 aromatic rings. The standard InChI is InChI=1S/C10H12BrFN2O/c1-14(2)6-10(15)13-9-4-3-7(12)5-8(9)11/h3-5H,6H2,1-2H3,(H,13,15). The highest BCUT2D eigenvalue weighted by molar-refractivity contribution is 9.10. The van der Waals surface area contributed by atoms with Crippen LogP contribution in [0.3, 0.4) is 0 Å². The molecule has 0 fully saturated rings. The van der Waals surface area contributed by atoms with Crippen molar-refractivity contribution in [1.82, 2.24) is 4.90 Å². The molecule has 0 atom stereocenters. The maximum absolute atomic E-state index is 12.7. The van der Waals surface area contributed by atoms with Gasteiger partial charge in [0.1, 0.15) is 5.82 Å². The van der Waals surface area contributed by atoms with E-state index in [0.29, 0.717) is 16.7 Å². The maximum Gasteiger partial charge on any atom is 0.238 e. The van der Waals surface area contributed by atoms with Crippen LogP contribution in [-0.4, -0.2) is 31.4 Å². The van der Waals surface area contributed by atoms with Gasteiger partial charge in [-0.05, 0) is 48.2 Å². The van der Waals surface area contributed by atoms with Crippen LogP contribution in [0.25, 0.3) is 0 Å². The molecule has 0 aliphatic carbocycles. The number of nitrogens with zero attached hydrogens (tertiary/aromatic N) is 1. The Hall–Kier alpha value is -0.940. The molecule has 0 heterocycles. The van der Waals surface area contributed by atoms with Crippen molar-refractivity contribution in [2.75, 3.05) is 26.0 Å². The summed E-state index contributed by atoms with van der Waals surface area (Å²) >= 11 is 3.17. The molecule has 5 heteroatoms. The predicted molar refractivity (Wildman–Crippen MR) is 61.3 cm³/mol. The van der Waals surface area contributed by atoms with E-state index >= 15 is 0 Å². The number of carbonyl (C=O) groups excluding carboxylic acids is 1. The molecule has 82 valence electrons. The molecule has 0 spiro atoms. The number of nitrogens with one attached hydrogen (secondary N) is 1. The molecule has 0 aliphatic heterocycles. The summed E-state index contributed by atoms with van der Waals surface area (Å²) in [7, 11) is 3.61. The van der Waals surface area contributed by atoms with Gasteiger partial charge >= 0.3 is 0 Å². The Morgan fingerprint density at radius 2 is 2.20 bits per heavy atom. The third kappa shape index (κ3) is 3.97. The Morgan fingerprint density at radius 1 is 1.53 bits per heavy atom. The number of likely N-dealkylation sites (N-methyl/N-ethyl adjacent to an activating group) is 1. The highest BCUT2D eigenvalue weighted by atomic mass is 79.9. The zero-order valence-electron chi connectivity index (χ0n) is 8.55. The molecule has 15 heavy (non-hydrogen) atoms. The molecule has 0 aromatic heterocycles. The summed E-state index contributed by atoms with van der Waals surface area (Å²) in [5, 5.41) is 2.67. The van der Waals surface area contributed by atoms with Crippen LogP contribution in [0.4, 0.5) is 10.1 Å². The summed E-state index contributed by atoms with van der Waals surface area (Å²) in [4.78, 5) is 13.1. The summed E-state index contributed by atoms with van der Waals surface area (Å²) in [5.74, 6) is -0.472. The molecule has 0 aliphatic rings. The van der Waals surface area contributed by atoms with E-state index in [-0.39, 0.29) is 11.7 Å². The third-order valence-electron chi connectivity index (χ3n) is 1.67. The first kappa shape index (κ1) is 12.1. The van der Waals surface area contributed by atoms with Crippen LogP contribution in [0.1, 0.15) is 0 Å². The van der Waals surface area contributed by atoms with Crippen molar-refractivity contribution in [2.45, 2.75) is 0 Å². The van der Waals surface area contributed by atoms with Crippen molar-refractivity contribution in [2.24, 2.45) is 0 Å². The predicted octanol–water partition coefficient (Wildman–Crippen LogP) is 2.09. The first-order chi connectivity index (χ1) is 6.99. The van der Waals surface area contributed by atoms with E-state index < -0.39 is 0 Å². The second-order valence-corrected chi connectivity index (χ2v) is 4.26. The van der Waals surface area contributed by atoms with Crippen molar-refractivity contribution in [3.05, 3.63) is 28.5 Å². The number of benzene rings is 1. The number of hydrogen-bond acceptors (Lipinski definition) is 2. The van der Waals surface area contributed by atoms with Crippen molar-refractivity contribution < 1.29 is 9.18 Å². The fourth-order valence-corrected chi connectivity index (χ4v) is 1.52. The van der Waals surface area contributed by atoms with Gasteiger partial charge in [-0.25, -0.2) is 4.39 Å².